The number of carbonyl (C=O) groups excluding carboxylic acids is 1. The van der Waals surface area contributed by atoms with Crippen molar-refractivity contribution in [3.8, 4) is 5.75 Å². The van der Waals surface area contributed by atoms with E-state index in [0.29, 0.717) is 20.6 Å². The van der Waals surface area contributed by atoms with Crippen molar-refractivity contribution in [2.45, 2.75) is 46.6 Å². The van der Waals surface area contributed by atoms with Gasteiger partial charge in [-0.2, -0.15) is 0 Å². The summed E-state index contributed by atoms with van der Waals surface area (Å²) in [5.74, 6) is 0.642. The molecule has 2 heterocycles. The Kier molecular flexibility index (Phi) is 7.92. The molecule has 0 bridgehead atoms. The van der Waals surface area contributed by atoms with Crippen molar-refractivity contribution in [3.05, 3.63) is 89.6 Å². The maximum atomic E-state index is 13.9. The van der Waals surface area contributed by atoms with Crippen LogP contribution in [-0.4, -0.2) is 38.3 Å². The molecule has 0 saturated carbocycles. The molecule has 0 amide bonds. The predicted octanol–water partition coefficient (Wildman–Crippen LogP) is 4.30. The molecule has 8 heteroatoms. The van der Waals surface area contributed by atoms with Gasteiger partial charge in [0.2, 0.25) is 0 Å². The molecule has 0 unspecified atom stereocenters. The number of nitrogens with zero attached hydrogens (tertiary/aromatic N) is 3. The van der Waals surface area contributed by atoms with Crippen molar-refractivity contribution in [3.63, 3.8) is 0 Å². The Labute approximate surface area is 227 Å². The highest BCUT2D eigenvalue weighted by Crippen LogP contribution is 2.32. The summed E-state index contributed by atoms with van der Waals surface area (Å²) < 4.78 is 13.2. The number of fused-ring (bicyclic) bond motifs is 1. The summed E-state index contributed by atoms with van der Waals surface area (Å²) in [6.45, 7) is 10.0. The van der Waals surface area contributed by atoms with E-state index in [1.807, 2.05) is 62.3 Å². The van der Waals surface area contributed by atoms with E-state index in [1.54, 1.807) is 25.5 Å². The van der Waals surface area contributed by atoms with Crippen LogP contribution in [0.2, 0.25) is 0 Å². The molecule has 1 aliphatic rings. The first kappa shape index (κ1) is 27.4. The molecule has 1 aliphatic heterocycles. The average Bonchev–Trinajstić information content (AvgIpc) is 3.18. The maximum Gasteiger partial charge on any atom is 0.338 e. The van der Waals surface area contributed by atoms with E-state index < -0.39 is 12.0 Å². The van der Waals surface area contributed by atoms with Crippen LogP contribution < -0.4 is 24.5 Å². The number of benzene rings is 2. The maximum absolute atomic E-state index is 13.9. The van der Waals surface area contributed by atoms with E-state index in [4.69, 9.17) is 9.47 Å². The highest BCUT2D eigenvalue weighted by molar-refractivity contribution is 7.07. The first-order valence-corrected chi connectivity index (χ1v) is 13.5. The molecule has 0 saturated heterocycles. The van der Waals surface area contributed by atoms with Crippen LogP contribution in [0.1, 0.15) is 61.9 Å². The van der Waals surface area contributed by atoms with Crippen molar-refractivity contribution in [2.75, 3.05) is 32.7 Å². The van der Waals surface area contributed by atoms with Crippen molar-refractivity contribution >= 4 is 29.1 Å². The van der Waals surface area contributed by atoms with Crippen LogP contribution in [-0.2, 0) is 9.53 Å². The lowest BCUT2D eigenvalue weighted by Gasteiger charge is -2.25. The van der Waals surface area contributed by atoms with Crippen LogP contribution in [0.4, 0.5) is 5.69 Å². The topological polar surface area (TPSA) is 73.1 Å². The molecular weight excluding hydrogens is 498 g/mol. The summed E-state index contributed by atoms with van der Waals surface area (Å²) in [5, 5.41) is 0. The molecule has 2 aromatic carbocycles. The van der Waals surface area contributed by atoms with E-state index in [2.05, 4.69) is 24.9 Å². The molecule has 0 aliphatic carbocycles. The first-order chi connectivity index (χ1) is 18.1. The third kappa shape index (κ3) is 5.05. The minimum absolute atomic E-state index is 0.189. The molecule has 200 valence electrons. The number of aromatic nitrogens is 1. The molecule has 38 heavy (non-hydrogen) atoms. The van der Waals surface area contributed by atoms with Crippen molar-refractivity contribution in [1.29, 1.82) is 0 Å². The lowest BCUT2D eigenvalue weighted by Crippen LogP contribution is -2.40. The molecule has 0 spiro atoms. The van der Waals surface area contributed by atoms with Crippen molar-refractivity contribution in [1.82, 2.24) is 4.57 Å². The number of rotatable bonds is 7. The second kappa shape index (κ2) is 11.0. The van der Waals surface area contributed by atoms with Gasteiger partial charge in [0.25, 0.3) is 5.56 Å². The first-order valence-electron chi connectivity index (χ1n) is 12.7. The summed E-state index contributed by atoms with van der Waals surface area (Å²) in [6.07, 6.45) is 1.92. The van der Waals surface area contributed by atoms with Gasteiger partial charge in [0.05, 0.1) is 35.6 Å². The zero-order valence-electron chi connectivity index (χ0n) is 23.3. The molecule has 0 N–H and O–H groups in total. The Bertz CT molecular complexity index is 1580. The van der Waals surface area contributed by atoms with E-state index in [0.717, 1.165) is 33.7 Å². The molecule has 3 aromatic rings. The molecule has 1 aromatic heterocycles. The fraction of sp³-hybridized carbons (Fsp3) is 0.367. The molecule has 0 fully saturated rings. The van der Waals surface area contributed by atoms with Crippen LogP contribution in [0.3, 0.4) is 0 Å². The number of thiazole rings is 1. The predicted molar refractivity (Wildman–Crippen MR) is 153 cm³/mol. The second-order valence-electron chi connectivity index (χ2n) is 9.89. The summed E-state index contributed by atoms with van der Waals surface area (Å²) in [7, 11) is 5.61. The van der Waals surface area contributed by atoms with Gasteiger partial charge in [-0.05, 0) is 79.3 Å². The normalized spacial score (nSPS) is 15.4. The van der Waals surface area contributed by atoms with E-state index in [-0.39, 0.29) is 18.1 Å². The zero-order valence-corrected chi connectivity index (χ0v) is 24.1. The number of ether oxygens (including phenoxy) is 2. The number of hydrogen-bond acceptors (Lipinski definition) is 7. The number of allylic oxidation sites excluding steroid dienone is 1. The van der Waals surface area contributed by atoms with E-state index in [9.17, 15) is 9.59 Å². The zero-order chi connectivity index (χ0) is 27.7. The van der Waals surface area contributed by atoms with Crippen LogP contribution in [0.25, 0.3) is 6.08 Å². The van der Waals surface area contributed by atoms with Gasteiger partial charge in [-0.3, -0.25) is 9.36 Å². The largest absolute Gasteiger partial charge is 0.496 e. The van der Waals surface area contributed by atoms with Crippen LogP contribution in [0.15, 0.2) is 57.5 Å². The monoisotopic (exact) mass is 533 g/mol. The Balaban J connectivity index is 1.94. The number of esters is 1. The number of anilines is 1. The Morgan fingerprint density at radius 2 is 1.87 bits per heavy atom. The number of hydrogen-bond donors (Lipinski definition) is 0. The van der Waals surface area contributed by atoms with Gasteiger partial charge in [0, 0.05) is 19.8 Å². The molecule has 7 nitrogen and oxygen atoms in total. The lowest BCUT2D eigenvalue weighted by molar-refractivity contribution is -0.139. The van der Waals surface area contributed by atoms with Crippen LogP contribution >= 0.6 is 11.3 Å². The fourth-order valence-corrected chi connectivity index (χ4v) is 5.74. The van der Waals surface area contributed by atoms with Crippen molar-refractivity contribution in [2.24, 2.45) is 4.99 Å². The minimum Gasteiger partial charge on any atom is -0.496 e. The van der Waals surface area contributed by atoms with Gasteiger partial charge >= 0.3 is 5.97 Å². The minimum atomic E-state index is -0.633. The van der Waals surface area contributed by atoms with Gasteiger partial charge in [-0.25, -0.2) is 9.79 Å². The third-order valence-electron chi connectivity index (χ3n) is 6.77. The Morgan fingerprint density at radius 1 is 1.18 bits per heavy atom. The van der Waals surface area contributed by atoms with Gasteiger partial charge in [0.15, 0.2) is 4.80 Å². The fourth-order valence-electron chi connectivity index (χ4n) is 4.70. The molecule has 0 radical (unpaired) electrons. The summed E-state index contributed by atoms with van der Waals surface area (Å²) >= 11 is 1.33. The molecule has 1 atom stereocenters. The highest BCUT2D eigenvalue weighted by Gasteiger charge is 2.33. The average molecular weight is 534 g/mol. The SMILES string of the molecule is CCOC(=O)C1=C(C)N=c2s/c(=C/c3cc(C(C)C)c(OC)cc3C)c(=O)n2[C@@H]1c1ccc(N(C)C)cc1. The third-order valence-corrected chi connectivity index (χ3v) is 7.75. The summed E-state index contributed by atoms with van der Waals surface area (Å²) in [6, 6.07) is 11.3. The lowest BCUT2D eigenvalue weighted by atomic mass is 9.95. The van der Waals surface area contributed by atoms with Gasteiger partial charge in [-0.1, -0.05) is 37.3 Å². The van der Waals surface area contributed by atoms with Crippen molar-refractivity contribution < 1.29 is 14.3 Å². The summed E-state index contributed by atoms with van der Waals surface area (Å²) in [4.78, 5) is 34.3. The Morgan fingerprint density at radius 3 is 2.45 bits per heavy atom. The van der Waals surface area contributed by atoms with Crippen LogP contribution in [0.5, 0.6) is 5.75 Å². The van der Waals surface area contributed by atoms with Crippen LogP contribution in [0, 0.1) is 6.92 Å². The molecular formula is C30H35N3O4S. The number of methoxy groups -OCH3 is 1. The Hall–Kier alpha value is -3.65. The van der Waals surface area contributed by atoms with E-state index in [1.165, 1.54) is 11.3 Å². The van der Waals surface area contributed by atoms with E-state index >= 15 is 0 Å². The quantitative estimate of drug-likeness (QED) is 0.424. The second-order valence-corrected chi connectivity index (χ2v) is 10.9. The standard InChI is InChI=1S/C30H35N3O4S/c1-9-37-29(35)26-19(5)31-30-33(27(26)20-10-12-22(13-11-20)32(6)7)28(34)25(38-30)16-21-15-23(17(2)3)24(36-8)14-18(21)4/h10-17,27H,9H2,1-8H3/b25-16+/t27-/m1/s1. The number of aryl methyl sites for hydroxylation is 1. The van der Waals surface area contributed by atoms with Gasteiger partial charge < -0.3 is 14.4 Å². The van der Waals surface area contributed by atoms with Gasteiger partial charge in [0.1, 0.15) is 5.75 Å². The molecule has 4 rings (SSSR count). The summed E-state index contributed by atoms with van der Waals surface area (Å²) in [5.41, 5.74) is 5.64. The van der Waals surface area contributed by atoms with Gasteiger partial charge in [-0.15, -0.1) is 0 Å². The highest BCUT2D eigenvalue weighted by atomic mass is 32.1. The number of carbonyl (C=O) groups is 1. The smallest absolute Gasteiger partial charge is 0.338 e.